The van der Waals surface area contributed by atoms with E-state index in [4.69, 9.17) is 23.2 Å². The molecule has 6 heteroatoms. The summed E-state index contributed by atoms with van der Waals surface area (Å²) in [6.07, 6.45) is 0. The maximum atomic E-state index is 13.0. The molecule has 4 rings (SSSR count). The van der Waals surface area contributed by atoms with Crippen molar-refractivity contribution < 1.29 is 4.79 Å². The smallest absolute Gasteiger partial charge is 0.307 e. The summed E-state index contributed by atoms with van der Waals surface area (Å²) in [6, 6.07) is 19.1. The van der Waals surface area contributed by atoms with E-state index in [2.05, 4.69) is 24.5 Å². The molecule has 3 nitrogen and oxygen atoms in total. The van der Waals surface area contributed by atoms with Gasteiger partial charge in [0, 0.05) is 36.9 Å². The van der Waals surface area contributed by atoms with Crippen LogP contribution in [-0.2, 0) is 0 Å². The Morgan fingerprint density at radius 3 is 2.48 bits per heavy atom. The average Bonchev–Trinajstić information content (AvgIpc) is 3.06. The lowest BCUT2D eigenvalue weighted by molar-refractivity contribution is 0.262. The lowest BCUT2D eigenvalue weighted by Gasteiger charge is -2.17. The highest BCUT2D eigenvalue weighted by Crippen LogP contribution is 2.45. The fraction of sp³-hybridized carbons (Fsp3) is 0.160. The van der Waals surface area contributed by atoms with Gasteiger partial charge in [0.15, 0.2) is 0 Å². The fourth-order valence-corrected chi connectivity index (χ4v) is 5.17. The number of rotatable bonds is 4. The van der Waals surface area contributed by atoms with Crippen molar-refractivity contribution in [3.63, 3.8) is 0 Å². The van der Waals surface area contributed by atoms with Crippen molar-refractivity contribution >= 4 is 61.3 Å². The Bertz CT molecular complexity index is 1280. The lowest BCUT2D eigenvalue weighted by Crippen LogP contribution is -2.21. The van der Waals surface area contributed by atoms with Crippen LogP contribution in [-0.4, -0.2) is 6.03 Å². The molecule has 4 aromatic rings. The van der Waals surface area contributed by atoms with E-state index in [0.29, 0.717) is 16.0 Å². The molecule has 0 aliphatic carbocycles. The van der Waals surface area contributed by atoms with Gasteiger partial charge < -0.3 is 5.32 Å². The molecule has 1 heterocycles. The summed E-state index contributed by atoms with van der Waals surface area (Å²) in [7, 11) is 0. The van der Waals surface area contributed by atoms with Crippen LogP contribution in [0.4, 0.5) is 15.5 Å². The summed E-state index contributed by atoms with van der Waals surface area (Å²) in [4.78, 5) is 13.0. The molecule has 0 saturated carbocycles. The minimum atomic E-state index is -0.290. The number of fused-ring (bicyclic) bond motifs is 1. The van der Waals surface area contributed by atoms with E-state index in [1.54, 1.807) is 0 Å². The molecule has 0 saturated heterocycles. The molecule has 1 aromatic heterocycles. The summed E-state index contributed by atoms with van der Waals surface area (Å²) >= 11 is 14.3. The van der Waals surface area contributed by atoms with Gasteiger partial charge in [-0.1, -0.05) is 73.4 Å². The minimum Gasteiger partial charge on any atom is -0.307 e. The highest BCUT2D eigenvalue weighted by Gasteiger charge is 2.19. The molecule has 0 fully saturated rings. The van der Waals surface area contributed by atoms with Crippen LogP contribution in [0.1, 0.15) is 30.9 Å². The van der Waals surface area contributed by atoms with Crippen LogP contribution in [0.15, 0.2) is 60.7 Å². The number of urea groups is 1. The second kappa shape index (κ2) is 8.91. The molecule has 0 atom stereocenters. The predicted octanol–water partition coefficient (Wildman–Crippen LogP) is 8.95. The number of aryl methyl sites for hydroxylation is 1. The van der Waals surface area contributed by atoms with Gasteiger partial charge in [-0.25, -0.2) is 4.79 Å². The van der Waals surface area contributed by atoms with Crippen LogP contribution in [0.5, 0.6) is 0 Å². The van der Waals surface area contributed by atoms with Crippen molar-refractivity contribution in [2.75, 3.05) is 10.6 Å². The monoisotopic (exact) mass is 468 g/mol. The number of halogens is 2. The number of hydrogen-bond donors (Lipinski definition) is 2. The van der Waals surface area contributed by atoms with Crippen LogP contribution < -0.4 is 10.6 Å². The molecule has 0 bridgehead atoms. The third-order valence-corrected chi connectivity index (χ3v) is 6.84. The molecule has 0 aliphatic rings. The van der Waals surface area contributed by atoms with Crippen molar-refractivity contribution in [1.82, 2.24) is 0 Å². The van der Waals surface area contributed by atoms with Gasteiger partial charge in [0.05, 0.1) is 0 Å². The third kappa shape index (κ3) is 4.42. The second-order valence-corrected chi connectivity index (χ2v) is 9.60. The first-order valence-electron chi connectivity index (χ1n) is 9.99. The van der Waals surface area contributed by atoms with E-state index in [9.17, 15) is 4.79 Å². The Morgan fingerprint density at radius 2 is 1.74 bits per heavy atom. The number of amides is 2. The minimum absolute atomic E-state index is 0.290. The summed E-state index contributed by atoms with van der Waals surface area (Å²) < 4.78 is 1.02. The zero-order chi connectivity index (χ0) is 22.1. The van der Waals surface area contributed by atoms with Gasteiger partial charge >= 0.3 is 6.03 Å². The molecule has 2 amide bonds. The van der Waals surface area contributed by atoms with Crippen LogP contribution in [0, 0.1) is 6.92 Å². The SMILES string of the molecule is Cc1cccc(C(C)C)c1NC(=O)Nc1sc2ccc(Cl)cc2c1-c1ccccc1Cl. The Morgan fingerprint density at radius 1 is 0.968 bits per heavy atom. The fourth-order valence-electron chi connectivity index (χ4n) is 3.68. The molecular formula is C25H22Cl2N2OS. The quantitative estimate of drug-likeness (QED) is 0.308. The van der Waals surface area contributed by atoms with Crippen molar-refractivity contribution in [2.45, 2.75) is 26.7 Å². The highest BCUT2D eigenvalue weighted by molar-refractivity contribution is 7.23. The Labute approximate surface area is 196 Å². The van der Waals surface area contributed by atoms with Gasteiger partial charge in [-0.05, 0) is 48.2 Å². The van der Waals surface area contributed by atoms with Gasteiger partial charge in [-0.3, -0.25) is 5.32 Å². The van der Waals surface area contributed by atoms with Crippen LogP contribution in [0.3, 0.4) is 0 Å². The average molecular weight is 469 g/mol. The Balaban J connectivity index is 1.75. The summed E-state index contributed by atoms with van der Waals surface area (Å²) in [5.74, 6) is 0.292. The molecule has 0 aliphatic heterocycles. The van der Waals surface area contributed by atoms with Crippen LogP contribution in [0.2, 0.25) is 10.0 Å². The Kier molecular flexibility index (Phi) is 6.24. The van der Waals surface area contributed by atoms with E-state index >= 15 is 0 Å². The third-order valence-electron chi connectivity index (χ3n) is 5.19. The molecule has 0 spiro atoms. The number of para-hydroxylation sites is 1. The zero-order valence-corrected chi connectivity index (χ0v) is 19.8. The predicted molar refractivity (Wildman–Crippen MR) is 135 cm³/mol. The van der Waals surface area contributed by atoms with E-state index < -0.39 is 0 Å². The largest absolute Gasteiger partial charge is 0.324 e. The molecule has 0 radical (unpaired) electrons. The maximum absolute atomic E-state index is 13.0. The first-order valence-corrected chi connectivity index (χ1v) is 11.6. The number of hydrogen-bond acceptors (Lipinski definition) is 2. The molecule has 0 unspecified atom stereocenters. The highest BCUT2D eigenvalue weighted by atomic mass is 35.5. The van der Waals surface area contributed by atoms with E-state index in [1.165, 1.54) is 11.3 Å². The van der Waals surface area contributed by atoms with Gasteiger partial charge in [-0.15, -0.1) is 11.3 Å². The summed E-state index contributed by atoms with van der Waals surface area (Å²) in [5, 5.41) is 9.04. The summed E-state index contributed by atoms with van der Waals surface area (Å²) in [5.41, 5.74) is 4.70. The van der Waals surface area contributed by atoms with E-state index in [1.807, 2.05) is 67.6 Å². The normalized spacial score (nSPS) is 11.2. The molecular weight excluding hydrogens is 447 g/mol. The second-order valence-electron chi connectivity index (χ2n) is 7.70. The van der Waals surface area contributed by atoms with E-state index in [0.717, 1.165) is 43.0 Å². The van der Waals surface area contributed by atoms with Crippen molar-refractivity contribution in [2.24, 2.45) is 0 Å². The number of thiophene rings is 1. The number of carbonyl (C=O) groups excluding carboxylic acids is 1. The number of anilines is 2. The van der Waals surface area contributed by atoms with Gasteiger partial charge in [0.2, 0.25) is 0 Å². The van der Waals surface area contributed by atoms with Crippen molar-refractivity contribution in [1.29, 1.82) is 0 Å². The first-order chi connectivity index (χ1) is 14.8. The van der Waals surface area contributed by atoms with Crippen molar-refractivity contribution in [3.8, 4) is 11.1 Å². The maximum Gasteiger partial charge on any atom is 0.324 e. The van der Waals surface area contributed by atoms with Crippen LogP contribution >= 0.6 is 34.5 Å². The van der Waals surface area contributed by atoms with Crippen LogP contribution in [0.25, 0.3) is 21.2 Å². The first kappa shape index (κ1) is 21.7. The number of benzene rings is 3. The van der Waals surface area contributed by atoms with E-state index in [-0.39, 0.29) is 6.03 Å². The van der Waals surface area contributed by atoms with Crippen molar-refractivity contribution in [3.05, 3.63) is 81.8 Å². The molecule has 3 aromatic carbocycles. The molecule has 158 valence electrons. The number of nitrogens with one attached hydrogen (secondary N) is 2. The van der Waals surface area contributed by atoms with Gasteiger partial charge in [-0.2, -0.15) is 0 Å². The van der Waals surface area contributed by atoms with Gasteiger partial charge in [0.1, 0.15) is 5.00 Å². The Hall–Kier alpha value is -2.53. The molecule has 31 heavy (non-hydrogen) atoms. The molecule has 2 N–H and O–H groups in total. The standard InChI is InChI=1S/C25H22Cl2N2OS/c1-14(2)17-9-6-7-15(3)23(17)28-25(30)29-24-22(18-8-4-5-10-20(18)27)19-13-16(26)11-12-21(19)31-24/h4-14H,1-3H3,(H2,28,29,30). The number of carbonyl (C=O) groups is 1. The summed E-state index contributed by atoms with van der Waals surface area (Å²) in [6.45, 7) is 6.23. The van der Waals surface area contributed by atoms with Gasteiger partial charge in [0.25, 0.3) is 0 Å². The zero-order valence-electron chi connectivity index (χ0n) is 17.4. The topological polar surface area (TPSA) is 41.1 Å². The lowest BCUT2D eigenvalue weighted by atomic mass is 9.98.